The van der Waals surface area contributed by atoms with Crippen molar-refractivity contribution in [3.63, 3.8) is 0 Å². The molecule has 0 unspecified atom stereocenters. The Kier molecular flexibility index (Phi) is 10.3. The van der Waals surface area contributed by atoms with Gasteiger partial charge in [-0.05, 0) is 18.9 Å². The predicted octanol–water partition coefficient (Wildman–Crippen LogP) is 2.82. The van der Waals surface area contributed by atoms with E-state index in [1.807, 2.05) is 0 Å². The van der Waals surface area contributed by atoms with Crippen molar-refractivity contribution in [1.82, 2.24) is 9.55 Å². The van der Waals surface area contributed by atoms with Gasteiger partial charge in [0.15, 0.2) is 6.10 Å². The van der Waals surface area contributed by atoms with Gasteiger partial charge in [-0.1, -0.05) is 38.5 Å². The SMILES string of the molecule is O=C(CCCCCCCCCCCl)Nc1ccn([C@@H]2O[C@H](CO)[C@@H](O)C2(F)F)c(=O)n1. The van der Waals surface area contributed by atoms with Crippen LogP contribution in [0.25, 0.3) is 0 Å². The normalized spacial score (nSPS) is 22.5. The first-order valence-corrected chi connectivity index (χ1v) is 11.1. The van der Waals surface area contributed by atoms with E-state index in [0.717, 1.165) is 44.7 Å². The van der Waals surface area contributed by atoms with Crippen molar-refractivity contribution in [2.75, 3.05) is 17.8 Å². The molecular formula is C20H30ClF2N3O5. The quantitative estimate of drug-likeness (QED) is 0.305. The van der Waals surface area contributed by atoms with Gasteiger partial charge >= 0.3 is 11.6 Å². The summed E-state index contributed by atoms with van der Waals surface area (Å²) in [5.74, 6) is -3.45. The molecule has 11 heteroatoms. The van der Waals surface area contributed by atoms with Crippen LogP contribution in [0.3, 0.4) is 0 Å². The van der Waals surface area contributed by atoms with Crippen LogP contribution < -0.4 is 11.0 Å². The van der Waals surface area contributed by atoms with Crippen molar-refractivity contribution in [1.29, 1.82) is 0 Å². The Morgan fingerprint density at radius 2 is 1.81 bits per heavy atom. The molecule has 2 rings (SSSR count). The maximum atomic E-state index is 14.2. The number of amides is 1. The minimum atomic E-state index is -3.78. The summed E-state index contributed by atoms with van der Waals surface area (Å²) in [4.78, 5) is 27.8. The number of carbonyl (C=O) groups is 1. The molecule has 176 valence electrons. The van der Waals surface area contributed by atoms with Gasteiger partial charge in [-0.15, -0.1) is 11.6 Å². The van der Waals surface area contributed by atoms with Crippen molar-refractivity contribution < 1.29 is 28.5 Å². The summed E-state index contributed by atoms with van der Waals surface area (Å²) in [6.45, 7) is -0.822. The zero-order chi connectivity index (χ0) is 22.9. The number of alkyl halides is 3. The number of ether oxygens (including phenoxy) is 1. The number of aliphatic hydroxyl groups excluding tert-OH is 2. The van der Waals surface area contributed by atoms with Crippen LogP contribution in [0.4, 0.5) is 14.6 Å². The lowest BCUT2D eigenvalue weighted by Gasteiger charge is -2.21. The second kappa shape index (κ2) is 12.4. The van der Waals surface area contributed by atoms with Gasteiger partial charge in [-0.25, -0.2) is 4.79 Å². The standard InChI is InChI=1S/C20H30ClF2N3O5/c21-11-8-6-4-2-1-3-5-7-9-16(28)24-15-10-12-26(19(30)25-15)18-20(22,23)17(29)14(13-27)31-18/h10,12,14,17-18,27,29H,1-9,11,13H2,(H,24,25,28,30)/t14-,17-,18-/m1/s1. The second-order valence-corrected chi connectivity index (χ2v) is 8.03. The van der Waals surface area contributed by atoms with Crippen LogP contribution in [0.15, 0.2) is 17.1 Å². The van der Waals surface area contributed by atoms with E-state index in [-0.39, 0.29) is 18.1 Å². The van der Waals surface area contributed by atoms with Gasteiger partial charge in [0.2, 0.25) is 12.1 Å². The molecule has 1 fully saturated rings. The fourth-order valence-electron chi connectivity index (χ4n) is 3.43. The first-order valence-electron chi connectivity index (χ1n) is 10.6. The van der Waals surface area contributed by atoms with Crippen molar-refractivity contribution >= 4 is 23.3 Å². The Balaban J connectivity index is 1.78. The third kappa shape index (κ3) is 7.20. The number of carbonyl (C=O) groups excluding carboxylic acids is 1. The lowest BCUT2D eigenvalue weighted by atomic mass is 10.1. The van der Waals surface area contributed by atoms with Crippen LogP contribution in [-0.4, -0.2) is 56.3 Å². The van der Waals surface area contributed by atoms with Gasteiger partial charge in [0.25, 0.3) is 0 Å². The number of anilines is 1. The van der Waals surface area contributed by atoms with Gasteiger partial charge in [0.1, 0.15) is 11.9 Å². The maximum absolute atomic E-state index is 14.2. The average molecular weight is 466 g/mol. The van der Waals surface area contributed by atoms with Crippen LogP contribution in [0.2, 0.25) is 0 Å². The predicted molar refractivity (Wildman–Crippen MR) is 111 cm³/mol. The Morgan fingerprint density at radius 1 is 1.19 bits per heavy atom. The number of halogens is 3. The molecule has 3 atom stereocenters. The topological polar surface area (TPSA) is 114 Å². The molecule has 8 nitrogen and oxygen atoms in total. The number of nitrogens with one attached hydrogen (secondary N) is 1. The van der Waals surface area contributed by atoms with Gasteiger partial charge in [-0.3, -0.25) is 9.36 Å². The highest BCUT2D eigenvalue weighted by atomic mass is 35.5. The molecule has 1 amide bonds. The summed E-state index contributed by atoms with van der Waals surface area (Å²) in [5, 5.41) is 21.1. The maximum Gasteiger partial charge on any atom is 0.351 e. The molecular weight excluding hydrogens is 436 g/mol. The fraction of sp³-hybridized carbons (Fsp3) is 0.750. The van der Waals surface area contributed by atoms with Crippen molar-refractivity contribution in [2.45, 2.75) is 82.1 Å². The summed E-state index contributed by atoms with van der Waals surface area (Å²) in [7, 11) is 0. The Morgan fingerprint density at radius 3 is 2.35 bits per heavy atom. The lowest BCUT2D eigenvalue weighted by Crippen LogP contribution is -2.41. The first-order chi connectivity index (χ1) is 14.8. The third-order valence-electron chi connectivity index (χ3n) is 5.20. The molecule has 1 aliphatic rings. The number of nitrogens with zero attached hydrogens (tertiary/aromatic N) is 2. The highest BCUT2D eigenvalue weighted by Crippen LogP contribution is 2.41. The van der Waals surface area contributed by atoms with E-state index >= 15 is 0 Å². The fourth-order valence-corrected chi connectivity index (χ4v) is 3.61. The Labute approximate surface area is 184 Å². The second-order valence-electron chi connectivity index (χ2n) is 7.65. The van der Waals surface area contributed by atoms with Crippen LogP contribution >= 0.6 is 11.6 Å². The minimum Gasteiger partial charge on any atom is -0.394 e. The highest BCUT2D eigenvalue weighted by molar-refractivity contribution is 6.17. The van der Waals surface area contributed by atoms with Gasteiger partial charge in [0, 0.05) is 18.5 Å². The van der Waals surface area contributed by atoms with E-state index in [2.05, 4.69) is 10.3 Å². The van der Waals surface area contributed by atoms with Crippen molar-refractivity contribution in [2.24, 2.45) is 0 Å². The molecule has 2 heterocycles. The molecule has 3 N–H and O–H groups in total. The molecule has 0 radical (unpaired) electrons. The minimum absolute atomic E-state index is 0.0499. The van der Waals surface area contributed by atoms with Crippen molar-refractivity contribution in [3.05, 3.63) is 22.7 Å². The Bertz CT molecular complexity index is 765. The van der Waals surface area contributed by atoms with E-state index in [9.17, 15) is 23.5 Å². The molecule has 0 saturated carbocycles. The summed E-state index contributed by atoms with van der Waals surface area (Å²) in [6, 6.07) is 1.21. The number of hydrogen-bond acceptors (Lipinski definition) is 6. The zero-order valence-corrected chi connectivity index (χ0v) is 18.1. The molecule has 1 saturated heterocycles. The van der Waals surface area contributed by atoms with Crippen LogP contribution in [0, 0.1) is 0 Å². The van der Waals surface area contributed by atoms with Crippen molar-refractivity contribution in [3.8, 4) is 0 Å². The van der Waals surface area contributed by atoms with Crippen LogP contribution in [0.1, 0.15) is 64.0 Å². The zero-order valence-electron chi connectivity index (χ0n) is 17.3. The molecule has 31 heavy (non-hydrogen) atoms. The van der Waals surface area contributed by atoms with Gasteiger partial charge in [0.05, 0.1) is 6.61 Å². The number of rotatable bonds is 13. The highest BCUT2D eigenvalue weighted by Gasteiger charge is 2.59. The number of aromatic nitrogens is 2. The third-order valence-corrected chi connectivity index (χ3v) is 5.46. The molecule has 0 bridgehead atoms. The van der Waals surface area contributed by atoms with E-state index < -0.39 is 36.7 Å². The van der Waals surface area contributed by atoms with Gasteiger partial charge in [-0.2, -0.15) is 13.8 Å². The number of unbranched alkanes of at least 4 members (excludes halogenated alkanes) is 7. The van der Waals surface area contributed by atoms with E-state index in [1.54, 1.807) is 0 Å². The van der Waals surface area contributed by atoms with E-state index in [1.165, 1.54) is 12.5 Å². The first kappa shape index (κ1) is 25.6. The summed E-state index contributed by atoms with van der Waals surface area (Å²) in [6.07, 6.45) is 3.70. The van der Waals surface area contributed by atoms with Gasteiger partial charge < -0.3 is 20.3 Å². The molecule has 1 aromatic rings. The number of hydrogen-bond donors (Lipinski definition) is 3. The van der Waals surface area contributed by atoms with Crippen LogP contribution in [-0.2, 0) is 9.53 Å². The lowest BCUT2D eigenvalue weighted by molar-refractivity contribution is -0.141. The van der Waals surface area contributed by atoms with E-state index in [4.69, 9.17) is 21.4 Å². The molecule has 0 spiro atoms. The van der Waals surface area contributed by atoms with E-state index in [0.29, 0.717) is 16.9 Å². The summed E-state index contributed by atoms with van der Waals surface area (Å²) < 4.78 is 33.8. The summed E-state index contributed by atoms with van der Waals surface area (Å²) >= 11 is 5.63. The molecule has 0 aromatic carbocycles. The molecule has 0 aliphatic carbocycles. The molecule has 1 aromatic heterocycles. The smallest absolute Gasteiger partial charge is 0.351 e. The molecule has 1 aliphatic heterocycles. The average Bonchev–Trinajstić information content (AvgIpc) is 2.96. The summed E-state index contributed by atoms with van der Waals surface area (Å²) in [5.41, 5.74) is -1.07. The Hall–Kier alpha value is -1.62. The number of aliphatic hydroxyl groups is 2. The van der Waals surface area contributed by atoms with Crippen LogP contribution in [0.5, 0.6) is 0 Å². The monoisotopic (exact) mass is 465 g/mol. The largest absolute Gasteiger partial charge is 0.394 e.